The van der Waals surface area contributed by atoms with E-state index < -0.39 is 5.97 Å². The van der Waals surface area contributed by atoms with Crippen LogP contribution in [0.5, 0.6) is 0 Å². The van der Waals surface area contributed by atoms with Crippen LogP contribution in [0.4, 0.5) is 17.2 Å². The SMILES string of the molecule is Cc1cccc(Nc2cc(C(=O)O)c(N)cn2)c1. The van der Waals surface area contributed by atoms with Gasteiger partial charge in [-0.25, -0.2) is 9.78 Å². The van der Waals surface area contributed by atoms with Gasteiger partial charge in [0.2, 0.25) is 0 Å². The molecule has 0 amide bonds. The minimum atomic E-state index is -1.07. The number of aromatic carboxylic acids is 1. The summed E-state index contributed by atoms with van der Waals surface area (Å²) in [5.74, 6) is -0.616. The maximum absolute atomic E-state index is 10.9. The molecule has 1 heterocycles. The zero-order valence-corrected chi connectivity index (χ0v) is 9.84. The molecule has 0 atom stereocenters. The summed E-state index contributed by atoms with van der Waals surface area (Å²) < 4.78 is 0. The quantitative estimate of drug-likeness (QED) is 0.770. The summed E-state index contributed by atoms with van der Waals surface area (Å²) in [6.45, 7) is 1.98. The largest absolute Gasteiger partial charge is 0.478 e. The van der Waals surface area contributed by atoms with Crippen LogP contribution in [0.2, 0.25) is 0 Å². The molecular weight excluding hydrogens is 230 g/mol. The van der Waals surface area contributed by atoms with Crippen LogP contribution in [-0.2, 0) is 0 Å². The highest BCUT2D eigenvalue weighted by atomic mass is 16.4. The van der Waals surface area contributed by atoms with Crippen molar-refractivity contribution < 1.29 is 9.90 Å². The lowest BCUT2D eigenvalue weighted by Gasteiger charge is -2.08. The van der Waals surface area contributed by atoms with Gasteiger partial charge in [0, 0.05) is 5.69 Å². The summed E-state index contributed by atoms with van der Waals surface area (Å²) in [5, 5.41) is 12.0. The van der Waals surface area contributed by atoms with Crippen molar-refractivity contribution in [2.45, 2.75) is 6.92 Å². The number of nitrogens with two attached hydrogens (primary N) is 1. The zero-order chi connectivity index (χ0) is 13.1. The molecule has 92 valence electrons. The van der Waals surface area contributed by atoms with Crippen molar-refractivity contribution in [3.8, 4) is 0 Å². The van der Waals surface area contributed by atoms with Crippen LogP contribution in [-0.4, -0.2) is 16.1 Å². The van der Waals surface area contributed by atoms with Gasteiger partial charge in [-0.05, 0) is 30.7 Å². The number of anilines is 3. The van der Waals surface area contributed by atoms with Gasteiger partial charge in [-0.2, -0.15) is 0 Å². The summed E-state index contributed by atoms with van der Waals surface area (Å²) >= 11 is 0. The smallest absolute Gasteiger partial charge is 0.337 e. The molecule has 0 unspecified atom stereocenters. The van der Waals surface area contributed by atoms with Crippen LogP contribution in [0.3, 0.4) is 0 Å². The average Bonchev–Trinajstić information content (AvgIpc) is 2.31. The Morgan fingerprint density at radius 2 is 2.17 bits per heavy atom. The first-order chi connectivity index (χ1) is 8.56. The minimum Gasteiger partial charge on any atom is -0.478 e. The maximum Gasteiger partial charge on any atom is 0.337 e. The number of carboxylic acids is 1. The lowest BCUT2D eigenvalue weighted by Crippen LogP contribution is -2.05. The van der Waals surface area contributed by atoms with E-state index in [1.807, 2.05) is 31.2 Å². The Balaban J connectivity index is 2.30. The first-order valence-electron chi connectivity index (χ1n) is 5.39. The van der Waals surface area contributed by atoms with Gasteiger partial charge in [-0.3, -0.25) is 0 Å². The van der Waals surface area contributed by atoms with Crippen LogP contribution in [0, 0.1) is 6.92 Å². The third-order valence-corrected chi connectivity index (χ3v) is 2.46. The highest BCUT2D eigenvalue weighted by Gasteiger charge is 2.09. The van der Waals surface area contributed by atoms with E-state index in [1.165, 1.54) is 12.3 Å². The highest BCUT2D eigenvalue weighted by Crippen LogP contribution is 2.19. The molecule has 5 nitrogen and oxygen atoms in total. The number of aryl methyl sites for hydroxylation is 1. The van der Waals surface area contributed by atoms with E-state index >= 15 is 0 Å². The summed E-state index contributed by atoms with van der Waals surface area (Å²) in [5.41, 5.74) is 7.68. The Bertz CT molecular complexity index is 597. The summed E-state index contributed by atoms with van der Waals surface area (Å²) in [4.78, 5) is 15.0. The molecule has 0 aliphatic carbocycles. The van der Waals surface area contributed by atoms with E-state index in [4.69, 9.17) is 10.8 Å². The Morgan fingerprint density at radius 1 is 1.39 bits per heavy atom. The van der Waals surface area contributed by atoms with Gasteiger partial charge < -0.3 is 16.2 Å². The molecule has 0 aliphatic heterocycles. The molecule has 0 saturated heterocycles. The number of benzene rings is 1. The monoisotopic (exact) mass is 243 g/mol. The number of aromatic nitrogens is 1. The predicted molar refractivity (Wildman–Crippen MR) is 70.1 cm³/mol. The number of pyridine rings is 1. The van der Waals surface area contributed by atoms with E-state index in [1.54, 1.807) is 0 Å². The van der Waals surface area contributed by atoms with E-state index in [0.717, 1.165) is 11.3 Å². The van der Waals surface area contributed by atoms with E-state index in [-0.39, 0.29) is 11.3 Å². The van der Waals surface area contributed by atoms with Gasteiger partial charge >= 0.3 is 5.97 Å². The van der Waals surface area contributed by atoms with Crippen LogP contribution in [0.25, 0.3) is 0 Å². The van der Waals surface area contributed by atoms with Crippen LogP contribution < -0.4 is 11.1 Å². The fourth-order valence-corrected chi connectivity index (χ4v) is 1.59. The van der Waals surface area contributed by atoms with Crippen molar-refractivity contribution in [3.05, 3.63) is 47.7 Å². The van der Waals surface area contributed by atoms with Gasteiger partial charge in [0.25, 0.3) is 0 Å². The lowest BCUT2D eigenvalue weighted by molar-refractivity contribution is 0.0698. The molecule has 0 radical (unpaired) electrons. The summed E-state index contributed by atoms with van der Waals surface area (Å²) in [7, 11) is 0. The van der Waals surface area contributed by atoms with Crippen molar-refractivity contribution in [1.29, 1.82) is 0 Å². The molecule has 5 heteroatoms. The fourth-order valence-electron chi connectivity index (χ4n) is 1.59. The summed E-state index contributed by atoms with van der Waals surface area (Å²) in [6, 6.07) is 9.13. The normalized spacial score (nSPS) is 10.1. The number of carboxylic acid groups (broad SMARTS) is 1. The molecule has 2 aromatic rings. The Hall–Kier alpha value is -2.56. The van der Waals surface area contributed by atoms with Crippen molar-refractivity contribution in [2.75, 3.05) is 11.1 Å². The number of nitrogens with zero attached hydrogens (tertiary/aromatic N) is 1. The number of nitrogen functional groups attached to an aromatic ring is 1. The molecule has 4 N–H and O–H groups in total. The number of nitrogens with one attached hydrogen (secondary N) is 1. The predicted octanol–water partition coefficient (Wildman–Crippen LogP) is 2.41. The molecule has 18 heavy (non-hydrogen) atoms. The molecule has 0 aliphatic rings. The Morgan fingerprint density at radius 3 is 2.83 bits per heavy atom. The van der Waals surface area contributed by atoms with Crippen molar-refractivity contribution in [3.63, 3.8) is 0 Å². The van der Waals surface area contributed by atoms with E-state index in [0.29, 0.717) is 5.82 Å². The number of rotatable bonds is 3. The molecule has 0 spiro atoms. The Labute approximate surface area is 104 Å². The van der Waals surface area contributed by atoms with Gasteiger partial charge in [-0.15, -0.1) is 0 Å². The topological polar surface area (TPSA) is 88.2 Å². The average molecular weight is 243 g/mol. The molecule has 0 saturated carbocycles. The van der Waals surface area contributed by atoms with Gasteiger partial charge in [0.1, 0.15) is 5.82 Å². The molecule has 1 aromatic heterocycles. The maximum atomic E-state index is 10.9. The third kappa shape index (κ3) is 2.57. The first-order valence-corrected chi connectivity index (χ1v) is 5.39. The van der Waals surface area contributed by atoms with Crippen LogP contribution in [0.1, 0.15) is 15.9 Å². The fraction of sp³-hybridized carbons (Fsp3) is 0.0769. The van der Waals surface area contributed by atoms with Crippen LogP contribution >= 0.6 is 0 Å². The zero-order valence-electron chi connectivity index (χ0n) is 9.84. The summed E-state index contributed by atoms with van der Waals surface area (Å²) in [6.07, 6.45) is 1.33. The second-order valence-electron chi connectivity index (χ2n) is 3.96. The molecule has 2 rings (SSSR count). The molecule has 0 bridgehead atoms. The van der Waals surface area contributed by atoms with Crippen molar-refractivity contribution >= 4 is 23.2 Å². The van der Waals surface area contributed by atoms with Gasteiger partial charge in [0.05, 0.1) is 17.4 Å². The molecule has 1 aromatic carbocycles. The second kappa shape index (κ2) is 4.75. The highest BCUT2D eigenvalue weighted by molar-refractivity contribution is 5.94. The first kappa shape index (κ1) is 11.9. The van der Waals surface area contributed by atoms with Crippen LogP contribution in [0.15, 0.2) is 36.5 Å². The van der Waals surface area contributed by atoms with E-state index in [9.17, 15) is 4.79 Å². The Kier molecular flexibility index (Phi) is 3.14. The van der Waals surface area contributed by atoms with Crippen molar-refractivity contribution in [2.24, 2.45) is 0 Å². The number of carbonyl (C=O) groups is 1. The van der Waals surface area contributed by atoms with Gasteiger partial charge in [0.15, 0.2) is 0 Å². The molecule has 0 fully saturated rings. The minimum absolute atomic E-state index is 0.0418. The lowest BCUT2D eigenvalue weighted by atomic mass is 10.2. The standard InChI is InChI=1S/C13H13N3O2/c1-8-3-2-4-9(5-8)16-12-6-10(13(17)18)11(14)7-15-12/h2-7H,14H2,1H3,(H,15,16)(H,17,18). The second-order valence-corrected chi connectivity index (χ2v) is 3.96. The molecular formula is C13H13N3O2. The number of hydrogen-bond donors (Lipinski definition) is 3. The van der Waals surface area contributed by atoms with Gasteiger partial charge in [-0.1, -0.05) is 12.1 Å². The third-order valence-electron chi connectivity index (χ3n) is 2.46. The number of hydrogen-bond acceptors (Lipinski definition) is 4. The van der Waals surface area contributed by atoms with E-state index in [2.05, 4.69) is 10.3 Å². The van der Waals surface area contributed by atoms with Crippen molar-refractivity contribution in [1.82, 2.24) is 4.98 Å².